The van der Waals surface area contributed by atoms with Crippen LogP contribution in [0.2, 0.25) is 0 Å². The van der Waals surface area contributed by atoms with E-state index in [9.17, 15) is 18.4 Å². The van der Waals surface area contributed by atoms with Gasteiger partial charge in [-0.2, -0.15) is 18.4 Å². The summed E-state index contributed by atoms with van der Waals surface area (Å²) in [6, 6.07) is 8.77. The highest BCUT2D eigenvalue weighted by Gasteiger charge is 2.41. The van der Waals surface area contributed by atoms with Gasteiger partial charge in [0.15, 0.2) is 0 Å². The predicted molar refractivity (Wildman–Crippen MR) is 124 cm³/mol. The molecule has 1 saturated heterocycles. The second-order valence-corrected chi connectivity index (χ2v) is 9.99. The zero-order chi connectivity index (χ0) is 25.6. The quantitative estimate of drug-likeness (QED) is 0.436. The molecule has 1 fully saturated rings. The van der Waals surface area contributed by atoms with Crippen molar-refractivity contribution in [1.29, 1.82) is 5.26 Å². The number of nitriles is 1. The standard InChI is InChI=1S/C26H27F3N4O2/c1-24(2)12-17(13-25(3,4)35-24)21-15-33(22(32-21)19-7-6-10-31-23(19)34-5)18-9-8-16(14-30)20(11-18)26(27,28)29/h6-11,15,17H,12-13H2,1-5H3. The number of imidazole rings is 1. The maximum atomic E-state index is 13.7. The van der Waals surface area contributed by atoms with Crippen LogP contribution in [0, 0.1) is 11.3 Å². The van der Waals surface area contributed by atoms with E-state index in [1.165, 1.54) is 19.2 Å². The molecule has 0 amide bonds. The second-order valence-electron chi connectivity index (χ2n) is 9.99. The summed E-state index contributed by atoms with van der Waals surface area (Å²) in [5.74, 6) is 0.741. The fourth-order valence-electron chi connectivity index (χ4n) is 5.02. The summed E-state index contributed by atoms with van der Waals surface area (Å²) in [5, 5.41) is 9.21. The van der Waals surface area contributed by atoms with Crippen LogP contribution in [0.1, 0.15) is 63.3 Å². The molecule has 3 aromatic rings. The van der Waals surface area contributed by atoms with Gasteiger partial charge < -0.3 is 9.47 Å². The number of hydrogen-bond donors (Lipinski definition) is 0. The van der Waals surface area contributed by atoms with Gasteiger partial charge in [-0.15, -0.1) is 0 Å². The third-order valence-corrected chi connectivity index (χ3v) is 6.08. The zero-order valence-corrected chi connectivity index (χ0v) is 20.3. The molecule has 4 rings (SSSR count). The van der Waals surface area contributed by atoms with E-state index in [2.05, 4.69) is 4.98 Å². The molecular weight excluding hydrogens is 457 g/mol. The van der Waals surface area contributed by atoms with Crippen molar-refractivity contribution < 1.29 is 22.6 Å². The molecular formula is C26H27F3N4O2. The molecule has 184 valence electrons. The van der Waals surface area contributed by atoms with E-state index in [1.807, 2.05) is 27.7 Å². The first kappa shape index (κ1) is 24.7. The molecule has 0 atom stereocenters. The Morgan fingerprint density at radius 1 is 1.14 bits per heavy atom. The van der Waals surface area contributed by atoms with Gasteiger partial charge in [-0.05, 0) is 70.9 Å². The van der Waals surface area contributed by atoms with Crippen LogP contribution < -0.4 is 4.74 Å². The highest BCUT2D eigenvalue weighted by molar-refractivity contribution is 5.65. The van der Waals surface area contributed by atoms with Gasteiger partial charge in [0, 0.05) is 24.0 Å². The third-order valence-electron chi connectivity index (χ3n) is 6.08. The van der Waals surface area contributed by atoms with Crippen molar-refractivity contribution in [3.63, 3.8) is 0 Å². The molecule has 0 unspecified atom stereocenters. The number of nitrogens with zero attached hydrogens (tertiary/aromatic N) is 4. The number of halogens is 3. The average Bonchev–Trinajstić information content (AvgIpc) is 3.21. The topological polar surface area (TPSA) is 73.0 Å². The fourth-order valence-corrected chi connectivity index (χ4v) is 5.02. The molecule has 0 bridgehead atoms. The van der Waals surface area contributed by atoms with Crippen molar-refractivity contribution in [2.24, 2.45) is 0 Å². The van der Waals surface area contributed by atoms with Gasteiger partial charge in [0.1, 0.15) is 5.82 Å². The van der Waals surface area contributed by atoms with Crippen molar-refractivity contribution >= 4 is 0 Å². The molecule has 0 spiro atoms. The van der Waals surface area contributed by atoms with Gasteiger partial charge in [-0.3, -0.25) is 4.57 Å². The summed E-state index contributed by atoms with van der Waals surface area (Å²) in [6.45, 7) is 8.11. The molecule has 0 saturated carbocycles. The van der Waals surface area contributed by atoms with Crippen molar-refractivity contribution in [3.8, 4) is 29.0 Å². The molecule has 2 aromatic heterocycles. The van der Waals surface area contributed by atoms with Gasteiger partial charge in [-0.1, -0.05) is 0 Å². The number of pyridine rings is 1. The van der Waals surface area contributed by atoms with Crippen molar-refractivity contribution in [3.05, 3.63) is 59.5 Å². The highest BCUT2D eigenvalue weighted by Crippen LogP contribution is 2.44. The first-order valence-corrected chi connectivity index (χ1v) is 11.2. The molecule has 6 nitrogen and oxygen atoms in total. The maximum Gasteiger partial charge on any atom is 0.417 e. The van der Waals surface area contributed by atoms with Crippen LogP contribution >= 0.6 is 0 Å². The van der Waals surface area contributed by atoms with Crippen molar-refractivity contribution in [2.45, 2.75) is 63.8 Å². The summed E-state index contributed by atoms with van der Waals surface area (Å²) in [5.41, 5.74) is -0.680. The van der Waals surface area contributed by atoms with Crippen LogP contribution in [0.3, 0.4) is 0 Å². The number of benzene rings is 1. The van der Waals surface area contributed by atoms with Crippen LogP contribution in [0.15, 0.2) is 42.7 Å². The lowest BCUT2D eigenvalue weighted by molar-refractivity contribution is -0.162. The summed E-state index contributed by atoms with van der Waals surface area (Å²) < 4.78 is 54.4. The second kappa shape index (κ2) is 8.68. The normalized spacial score (nSPS) is 17.7. The summed E-state index contributed by atoms with van der Waals surface area (Å²) in [4.78, 5) is 9.14. The molecule has 35 heavy (non-hydrogen) atoms. The smallest absolute Gasteiger partial charge is 0.417 e. The van der Waals surface area contributed by atoms with Crippen LogP contribution in [-0.4, -0.2) is 32.8 Å². The predicted octanol–water partition coefficient (Wildman–Crippen LogP) is 6.28. The number of aromatic nitrogens is 3. The monoisotopic (exact) mass is 484 g/mol. The average molecular weight is 485 g/mol. The minimum Gasteiger partial charge on any atom is -0.480 e. The SMILES string of the molecule is COc1ncccc1-c1nc(C2CC(C)(C)OC(C)(C)C2)cn1-c1ccc(C#N)c(C(F)(F)F)c1. The molecule has 1 aromatic carbocycles. The Morgan fingerprint density at radius 3 is 2.43 bits per heavy atom. The van der Waals surface area contributed by atoms with E-state index in [-0.39, 0.29) is 22.8 Å². The minimum atomic E-state index is -4.68. The maximum absolute atomic E-state index is 13.7. The van der Waals surface area contributed by atoms with Gasteiger partial charge in [0.25, 0.3) is 0 Å². The molecule has 1 aliphatic heterocycles. The number of hydrogen-bond acceptors (Lipinski definition) is 5. The van der Waals surface area contributed by atoms with E-state index in [1.54, 1.807) is 35.2 Å². The van der Waals surface area contributed by atoms with Crippen LogP contribution in [0.5, 0.6) is 5.88 Å². The van der Waals surface area contributed by atoms with E-state index in [0.717, 1.165) is 11.8 Å². The Morgan fingerprint density at radius 2 is 1.83 bits per heavy atom. The van der Waals surface area contributed by atoms with E-state index >= 15 is 0 Å². The minimum absolute atomic E-state index is 0.0249. The van der Waals surface area contributed by atoms with E-state index < -0.39 is 17.3 Å². The number of rotatable bonds is 4. The Bertz CT molecular complexity index is 1270. The summed E-state index contributed by atoms with van der Waals surface area (Å²) in [7, 11) is 1.48. The lowest BCUT2D eigenvalue weighted by Gasteiger charge is -2.45. The first-order valence-electron chi connectivity index (χ1n) is 11.2. The Labute approximate surface area is 202 Å². The Hall–Kier alpha value is -3.38. The van der Waals surface area contributed by atoms with Crippen LogP contribution in [0.4, 0.5) is 13.2 Å². The number of ether oxygens (including phenoxy) is 2. The summed E-state index contributed by atoms with van der Waals surface area (Å²) >= 11 is 0. The van der Waals surface area contributed by atoms with E-state index in [0.29, 0.717) is 30.1 Å². The molecule has 0 N–H and O–H groups in total. The van der Waals surface area contributed by atoms with Gasteiger partial charge >= 0.3 is 6.18 Å². The molecule has 3 heterocycles. The molecule has 0 radical (unpaired) electrons. The fraction of sp³-hybridized carbons (Fsp3) is 0.423. The van der Waals surface area contributed by atoms with Gasteiger partial charge in [0.2, 0.25) is 5.88 Å². The largest absolute Gasteiger partial charge is 0.480 e. The number of methoxy groups -OCH3 is 1. The summed E-state index contributed by atoms with van der Waals surface area (Å²) in [6.07, 6.45) is 0.0802. The zero-order valence-electron chi connectivity index (χ0n) is 20.3. The third kappa shape index (κ3) is 5.03. The lowest BCUT2D eigenvalue weighted by Crippen LogP contribution is -2.44. The van der Waals surface area contributed by atoms with Gasteiger partial charge in [0.05, 0.1) is 46.8 Å². The highest BCUT2D eigenvalue weighted by atomic mass is 19.4. The van der Waals surface area contributed by atoms with Crippen LogP contribution in [0.25, 0.3) is 17.1 Å². The molecule has 9 heteroatoms. The first-order chi connectivity index (χ1) is 16.3. The molecule has 0 aliphatic carbocycles. The van der Waals surface area contributed by atoms with Crippen molar-refractivity contribution in [1.82, 2.24) is 14.5 Å². The Kier molecular flexibility index (Phi) is 6.14. The lowest BCUT2D eigenvalue weighted by atomic mass is 9.79. The Balaban J connectivity index is 1.92. The van der Waals surface area contributed by atoms with Gasteiger partial charge in [-0.25, -0.2) is 9.97 Å². The van der Waals surface area contributed by atoms with E-state index in [4.69, 9.17) is 14.5 Å². The van der Waals surface area contributed by atoms with Crippen LogP contribution in [-0.2, 0) is 10.9 Å². The number of alkyl halides is 3. The van der Waals surface area contributed by atoms with Crippen molar-refractivity contribution in [2.75, 3.05) is 7.11 Å². The molecule has 1 aliphatic rings.